The summed E-state index contributed by atoms with van der Waals surface area (Å²) < 4.78 is 5.67. The number of oxazole rings is 1. The van der Waals surface area contributed by atoms with Crippen LogP contribution >= 0.6 is 0 Å². The highest BCUT2D eigenvalue weighted by atomic mass is 16.3. The molecule has 0 radical (unpaired) electrons. The summed E-state index contributed by atoms with van der Waals surface area (Å²) in [6.07, 6.45) is 1.47. The zero-order chi connectivity index (χ0) is 23.3. The highest BCUT2D eigenvalue weighted by Crippen LogP contribution is 2.23. The minimum atomic E-state index is -0.141. The van der Waals surface area contributed by atoms with Gasteiger partial charge < -0.3 is 9.32 Å². The first kappa shape index (κ1) is 23.7. The minimum Gasteiger partial charge on any atom is -0.447 e. The summed E-state index contributed by atoms with van der Waals surface area (Å²) in [6, 6.07) is 19.0. The molecule has 0 unspecified atom stereocenters. The first-order chi connectivity index (χ1) is 15.1. The van der Waals surface area contributed by atoms with Crippen LogP contribution in [0.3, 0.4) is 0 Å². The van der Waals surface area contributed by atoms with Crippen molar-refractivity contribution in [2.75, 3.05) is 7.05 Å². The Morgan fingerprint density at radius 1 is 0.938 bits per heavy atom. The maximum atomic E-state index is 12.8. The molecule has 0 atom stereocenters. The van der Waals surface area contributed by atoms with Crippen molar-refractivity contribution in [3.8, 4) is 0 Å². The van der Waals surface area contributed by atoms with Gasteiger partial charge in [-0.05, 0) is 36.0 Å². The molecule has 0 fully saturated rings. The maximum Gasteiger partial charge on any atom is 0.275 e. The summed E-state index contributed by atoms with van der Waals surface area (Å²) in [5.74, 6) is 0.416. The van der Waals surface area contributed by atoms with Crippen molar-refractivity contribution < 1.29 is 9.21 Å². The number of hydrogen-bond donors (Lipinski definition) is 0. The smallest absolute Gasteiger partial charge is 0.275 e. The monoisotopic (exact) mass is 433 g/mol. The fraction of sp³-hybridized carbons (Fsp3) is 0.407. The van der Waals surface area contributed by atoms with E-state index in [1.54, 1.807) is 11.9 Å². The molecule has 3 rings (SSSR count). The fourth-order valence-electron chi connectivity index (χ4n) is 3.55. The van der Waals surface area contributed by atoms with Gasteiger partial charge >= 0.3 is 0 Å². The molecule has 0 bridgehead atoms. The van der Waals surface area contributed by atoms with E-state index in [0.717, 1.165) is 12.1 Å². The predicted molar refractivity (Wildman–Crippen MR) is 128 cm³/mol. The molecule has 1 heterocycles. The van der Waals surface area contributed by atoms with Gasteiger partial charge in [0.25, 0.3) is 5.91 Å². The van der Waals surface area contributed by atoms with Crippen LogP contribution in [0.1, 0.15) is 67.7 Å². The van der Waals surface area contributed by atoms with Crippen LogP contribution in [-0.4, -0.2) is 33.8 Å². The predicted octanol–water partition coefficient (Wildman–Crippen LogP) is 5.65. The van der Waals surface area contributed by atoms with Gasteiger partial charge in [0, 0.05) is 26.2 Å². The maximum absolute atomic E-state index is 12.8. The van der Waals surface area contributed by atoms with Crippen molar-refractivity contribution in [2.24, 2.45) is 0 Å². The lowest BCUT2D eigenvalue weighted by Gasteiger charge is -2.25. The van der Waals surface area contributed by atoms with Gasteiger partial charge in [-0.1, -0.05) is 75.4 Å². The fourth-order valence-corrected chi connectivity index (χ4v) is 3.55. The lowest BCUT2D eigenvalue weighted by atomic mass is 9.87. The van der Waals surface area contributed by atoms with Gasteiger partial charge in [0.2, 0.25) is 5.89 Å². The molecular weight excluding hydrogens is 398 g/mol. The Balaban J connectivity index is 1.64. The second-order valence-electron chi connectivity index (χ2n) is 9.72. The lowest BCUT2D eigenvalue weighted by molar-refractivity contribution is 0.0779. The van der Waals surface area contributed by atoms with Crippen molar-refractivity contribution in [2.45, 2.75) is 65.7 Å². The van der Waals surface area contributed by atoms with Crippen molar-refractivity contribution in [1.82, 2.24) is 14.8 Å². The molecule has 2 aromatic carbocycles. The molecule has 170 valence electrons. The largest absolute Gasteiger partial charge is 0.447 e. The number of carbonyl (C=O) groups excluding carboxylic acids is 1. The van der Waals surface area contributed by atoms with Gasteiger partial charge in [-0.3, -0.25) is 9.69 Å². The topological polar surface area (TPSA) is 49.6 Å². The number of carbonyl (C=O) groups is 1. The van der Waals surface area contributed by atoms with E-state index in [1.807, 2.05) is 30.3 Å². The number of aromatic nitrogens is 1. The Morgan fingerprint density at radius 2 is 1.56 bits per heavy atom. The van der Waals surface area contributed by atoms with Crippen LogP contribution in [0.15, 0.2) is 65.3 Å². The van der Waals surface area contributed by atoms with E-state index < -0.39 is 0 Å². The average Bonchev–Trinajstić information content (AvgIpc) is 3.21. The number of hydrogen-bond acceptors (Lipinski definition) is 4. The van der Waals surface area contributed by atoms with E-state index in [1.165, 1.54) is 17.4 Å². The molecule has 5 nitrogen and oxygen atoms in total. The van der Waals surface area contributed by atoms with E-state index in [0.29, 0.717) is 30.7 Å². The molecule has 5 heteroatoms. The van der Waals surface area contributed by atoms with E-state index in [2.05, 4.69) is 68.8 Å². The molecule has 0 aliphatic rings. The normalized spacial score (nSPS) is 11.9. The molecular formula is C27H35N3O2. The number of rotatable bonds is 8. The van der Waals surface area contributed by atoms with Crippen molar-refractivity contribution in [3.63, 3.8) is 0 Å². The van der Waals surface area contributed by atoms with Crippen LogP contribution in [0.4, 0.5) is 0 Å². The molecule has 3 aromatic rings. The van der Waals surface area contributed by atoms with Gasteiger partial charge in [0.15, 0.2) is 5.69 Å². The molecule has 0 aliphatic carbocycles. The molecule has 0 spiro atoms. The summed E-state index contributed by atoms with van der Waals surface area (Å²) in [5.41, 5.74) is 4.14. The minimum absolute atomic E-state index is 0.141. The molecule has 1 aromatic heterocycles. The van der Waals surface area contributed by atoms with Crippen LogP contribution in [0, 0.1) is 0 Å². The van der Waals surface area contributed by atoms with Crippen LogP contribution in [0.5, 0.6) is 0 Å². The van der Waals surface area contributed by atoms with Crippen molar-refractivity contribution >= 4 is 5.91 Å². The number of benzene rings is 2. The third-order valence-electron chi connectivity index (χ3n) is 5.65. The molecule has 0 saturated heterocycles. The standard InChI is InChI=1S/C27H35N3O2/c1-20(2)30(17-22-12-14-23(15-13-22)27(3,4)5)18-25-28-24(19-32-25)26(31)29(6)16-21-10-8-7-9-11-21/h7-15,19-20H,16-18H2,1-6H3. The van der Waals surface area contributed by atoms with Crippen LogP contribution in [0.25, 0.3) is 0 Å². The molecule has 32 heavy (non-hydrogen) atoms. The third-order valence-corrected chi connectivity index (χ3v) is 5.65. The number of nitrogens with zero attached hydrogens (tertiary/aromatic N) is 3. The van der Waals surface area contributed by atoms with Crippen molar-refractivity contribution in [1.29, 1.82) is 0 Å². The zero-order valence-electron chi connectivity index (χ0n) is 20.1. The first-order valence-corrected chi connectivity index (χ1v) is 11.2. The van der Waals surface area contributed by atoms with Crippen molar-refractivity contribution in [3.05, 3.63) is 89.1 Å². The molecule has 0 N–H and O–H groups in total. The van der Waals surface area contributed by atoms with E-state index in [-0.39, 0.29) is 11.3 Å². The lowest BCUT2D eigenvalue weighted by Crippen LogP contribution is -2.30. The summed E-state index contributed by atoms with van der Waals surface area (Å²) in [5, 5.41) is 0. The Labute approximate surface area is 192 Å². The Morgan fingerprint density at radius 3 is 2.16 bits per heavy atom. The second-order valence-corrected chi connectivity index (χ2v) is 9.72. The molecule has 0 saturated carbocycles. The van der Waals surface area contributed by atoms with Gasteiger partial charge in [-0.25, -0.2) is 4.98 Å². The quantitative estimate of drug-likeness (QED) is 0.460. The van der Waals surface area contributed by atoms with Gasteiger partial charge in [0.05, 0.1) is 6.54 Å². The summed E-state index contributed by atoms with van der Waals surface area (Å²) >= 11 is 0. The number of amides is 1. The van der Waals surface area contributed by atoms with E-state index in [9.17, 15) is 4.79 Å². The Bertz CT molecular complexity index is 1000. The van der Waals surface area contributed by atoms with Crippen LogP contribution < -0.4 is 0 Å². The van der Waals surface area contributed by atoms with Crippen LogP contribution in [0.2, 0.25) is 0 Å². The van der Waals surface area contributed by atoms with E-state index >= 15 is 0 Å². The summed E-state index contributed by atoms with van der Waals surface area (Å²) in [7, 11) is 1.78. The average molecular weight is 434 g/mol. The summed E-state index contributed by atoms with van der Waals surface area (Å²) in [6.45, 7) is 12.9. The van der Waals surface area contributed by atoms with Gasteiger partial charge in [-0.15, -0.1) is 0 Å². The molecule has 1 amide bonds. The molecule has 0 aliphatic heterocycles. The summed E-state index contributed by atoms with van der Waals surface area (Å²) in [4.78, 5) is 21.2. The van der Waals surface area contributed by atoms with Gasteiger partial charge in [0.1, 0.15) is 6.26 Å². The Kier molecular flexibility index (Phi) is 7.52. The highest BCUT2D eigenvalue weighted by molar-refractivity contribution is 5.91. The highest BCUT2D eigenvalue weighted by Gasteiger charge is 2.20. The van der Waals surface area contributed by atoms with Gasteiger partial charge in [-0.2, -0.15) is 0 Å². The third kappa shape index (κ3) is 6.30. The van der Waals surface area contributed by atoms with Crippen LogP contribution in [-0.2, 0) is 25.0 Å². The first-order valence-electron chi connectivity index (χ1n) is 11.2. The Hall–Kier alpha value is -2.92. The SMILES string of the molecule is CC(C)N(Cc1ccc(C(C)(C)C)cc1)Cc1nc(C(=O)N(C)Cc2ccccc2)co1. The zero-order valence-corrected chi connectivity index (χ0v) is 20.1. The second kappa shape index (κ2) is 10.1. The van der Waals surface area contributed by atoms with E-state index in [4.69, 9.17) is 4.42 Å².